The lowest BCUT2D eigenvalue weighted by Gasteiger charge is -2.37. The molecule has 18 heavy (non-hydrogen) atoms. The largest absolute Gasteiger partial charge is 0.314 e. The third-order valence-electron chi connectivity index (χ3n) is 4.91. The summed E-state index contributed by atoms with van der Waals surface area (Å²) in [6.45, 7) is 7.40. The average Bonchev–Trinajstić information content (AvgIpc) is 2.34. The van der Waals surface area contributed by atoms with Gasteiger partial charge in [0.25, 0.3) is 0 Å². The zero-order valence-electron chi connectivity index (χ0n) is 12.5. The van der Waals surface area contributed by atoms with Crippen LogP contribution in [0, 0.1) is 5.92 Å². The third kappa shape index (κ3) is 3.94. The zero-order valence-corrected chi connectivity index (χ0v) is 12.5. The molecule has 2 fully saturated rings. The molecule has 2 aliphatic rings. The van der Waals surface area contributed by atoms with Crippen LogP contribution in [-0.4, -0.2) is 62.2 Å². The lowest BCUT2D eigenvalue weighted by atomic mass is 9.93. The van der Waals surface area contributed by atoms with Crippen LogP contribution in [0.2, 0.25) is 0 Å². The number of piperidine rings is 2. The Morgan fingerprint density at radius 1 is 1.11 bits per heavy atom. The summed E-state index contributed by atoms with van der Waals surface area (Å²) in [5.41, 5.74) is 0. The van der Waals surface area contributed by atoms with E-state index < -0.39 is 0 Å². The van der Waals surface area contributed by atoms with Crippen molar-refractivity contribution in [2.24, 2.45) is 5.92 Å². The number of hydrogen-bond acceptors (Lipinski definition) is 3. The summed E-state index contributed by atoms with van der Waals surface area (Å²) < 4.78 is 0. The minimum atomic E-state index is 0.745. The van der Waals surface area contributed by atoms with Crippen molar-refractivity contribution in [2.75, 3.05) is 40.3 Å². The van der Waals surface area contributed by atoms with Gasteiger partial charge in [0.15, 0.2) is 0 Å². The fourth-order valence-electron chi connectivity index (χ4n) is 3.60. The van der Waals surface area contributed by atoms with Gasteiger partial charge in [0.1, 0.15) is 0 Å². The molecular formula is C15H31N3. The van der Waals surface area contributed by atoms with Gasteiger partial charge in [0.2, 0.25) is 0 Å². The molecule has 0 aromatic carbocycles. The van der Waals surface area contributed by atoms with Crippen molar-refractivity contribution in [1.82, 2.24) is 15.1 Å². The van der Waals surface area contributed by atoms with Gasteiger partial charge in [-0.1, -0.05) is 13.3 Å². The summed E-state index contributed by atoms with van der Waals surface area (Å²) in [7, 11) is 4.53. The predicted octanol–water partition coefficient (Wildman–Crippen LogP) is 1.79. The van der Waals surface area contributed by atoms with E-state index in [-0.39, 0.29) is 0 Å². The van der Waals surface area contributed by atoms with Crippen LogP contribution in [0.4, 0.5) is 0 Å². The van der Waals surface area contributed by atoms with Crippen molar-refractivity contribution in [1.29, 1.82) is 0 Å². The second-order valence-corrected chi connectivity index (χ2v) is 6.51. The molecule has 0 spiro atoms. The summed E-state index contributed by atoms with van der Waals surface area (Å²) in [5.74, 6) is 0.799. The molecular weight excluding hydrogens is 222 g/mol. The van der Waals surface area contributed by atoms with Gasteiger partial charge in [-0.25, -0.2) is 0 Å². The van der Waals surface area contributed by atoms with Gasteiger partial charge >= 0.3 is 0 Å². The van der Waals surface area contributed by atoms with E-state index in [1.807, 2.05) is 0 Å². The summed E-state index contributed by atoms with van der Waals surface area (Å²) in [6.07, 6.45) is 6.88. The fraction of sp³-hybridized carbons (Fsp3) is 1.00. The van der Waals surface area contributed by atoms with Gasteiger partial charge in [0.05, 0.1) is 0 Å². The highest BCUT2D eigenvalue weighted by Gasteiger charge is 2.24. The number of rotatable bonds is 4. The third-order valence-corrected chi connectivity index (χ3v) is 4.91. The average molecular weight is 253 g/mol. The number of nitrogens with one attached hydrogen (secondary N) is 1. The molecule has 2 aliphatic heterocycles. The van der Waals surface area contributed by atoms with Gasteiger partial charge in [-0.15, -0.1) is 0 Å². The van der Waals surface area contributed by atoms with E-state index in [0.717, 1.165) is 18.0 Å². The molecule has 0 aromatic heterocycles. The second-order valence-electron chi connectivity index (χ2n) is 6.51. The van der Waals surface area contributed by atoms with Crippen molar-refractivity contribution in [3.05, 3.63) is 0 Å². The van der Waals surface area contributed by atoms with Crippen molar-refractivity contribution in [3.63, 3.8) is 0 Å². The molecule has 3 atom stereocenters. The Balaban J connectivity index is 1.65. The first-order valence-electron chi connectivity index (χ1n) is 7.79. The zero-order chi connectivity index (χ0) is 13.0. The molecule has 0 bridgehead atoms. The van der Waals surface area contributed by atoms with Crippen LogP contribution in [0.5, 0.6) is 0 Å². The fourth-order valence-corrected chi connectivity index (χ4v) is 3.60. The van der Waals surface area contributed by atoms with E-state index in [1.54, 1.807) is 0 Å². The Morgan fingerprint density at radius 3 is 2.67 bits per heavy atom. The molecule has 2 heterocycles. The second kappa shape index (κ2) is 6.88. The maximum atomic E-state index is 3.81. The normalized spacial score (nSPS) is 35.8. The van der Waals surface area contributed by atoms with Crippen LogP contribution in [0.3, 0.4) is 0 Å². The van der Waals surface area contributed by atoms with Crippen LogP contribution >= 0.6 is 0 Å². The smallest absolute Gasteiger partial charge is 0.0117 e. The monoisotopic (exact) mass is 253 g/mol. The molecule has 0 saturated carbocycles. The minimum absolute atomic E-state index is 0.745. The molecule has 0 aromatic rings. The molecule has 106 valence electrons. The first kappa shape index (κ1) is 14.3. The van der Waals surface area contributed by atoms with E-state index in [4.69, 9.17) is 0 Å². The van der Waals surface area contributed by atoms with Crippen molar-refractivity contribution in [3.8, 4) is 0 Å². The van der Waals surface area contributed by atoms with Gasteiger partial charge < -0.3 is 15.1 Å². The van der Waals surface area contributed by atoms with Gasteiger partial charge in [0, 0.05) is 18.6 Å². The van der Waals surface area contributed by atoms with E-state index in [1.165, 1.54) is 58.3 Å². The van der Waals surface area contributed by atoms with Gasteiger partial charge in [-0.2, -0.15) is 0 Å². The maximum Gasteiger partial charge on any atom is 0.0117 e. The van der Waals surface area contributed by atoms with Crippen molar-refractivity contribution >= 4 is 0 Å². The molecule has 3 nitrogen and oxygen atoms in total. The number of likely N-dealkylation sites (tertiary alicyclic amines) is 2. The quantitative estimate of drug-likeness (QED) is 0.824. The van der Waals surface area contributed by atoms with Crippen LogP contribution < -0.4 is 5.32 Å². The molecule has 3 unspecified atom stereocenters. The lowest BCUT2D eigenvalue weighted by Crippen LogP contribution is -2.48. The summed E-state index contributed by atoms with van der Waals surface area (Å²) in [4.78, 5) is 5.01. The molecule has 3 heteroatoms. The number of nitrogens with zero attached hydrogens (tertiary/aromatic N) is 2. The molecule has 2 rings (SSSR count). The highest BCUT2D eigenvalue weighted by Crippen LogP contribution is 2.18. The Bertz CT molecular complexity index is 244. The molecule has 2 saturated heterocycles. The SMILES string of the molecule is CC1CN(C)CCC1NCCC1CCCCN1C. The topological polar surface area (TPSA) is 18.5 Å². The summed E-state index contributed by atoms with van der Waals surface area (Å²) in [6, 6.07) is 1.57. The summed E-state index contributed by atoms with van der Waals surface area (Å²) >= 11 is 0. The Labute approximate surface area is 113 Å². The minimum Gasteiger partial charge on any atom is -0.314 e. The molecule has 0 radical (unpaired) electrons. The van der Waals surface area contributed by atoms with E-state index in [2.05, 4.69) is 36.1 Å². The first-order valence-corrected chi connectivity index (χ1v) is 7.79. The van der Waals surface area contributed by atoms with Gasteiger partial charge in [-0.3, -0.25) is 0 Å². The lowest BCUT2D eigenvalue weighted by molar-refractivity contribution is 0.156. The highest BCUT2D eigenvalue weighted by atomic mass is 15.1. The standard InChI is InChI=1S/C15H31N3/c1-13-12-17(2)11-8-15(13)16-9-7-14-6-4-5-10-18(14)3/h13-16H,4-12H2,1-3H3. The van der Waals surface area contributed by atoms with Gasteiger partial charge in [-0.05, 0) is 65.3 Å². The van der Waals surface area contributed by atoms with Crippen molar-refractivity contribution in [2.45, 2.75) is 51.1 Å². The molecule has 0 aliphatic carbocycles. The predicted molar refractivity (Wildman–Crippen MR) is 78.0 cm³/mol. The van der Waals surface area contributed by atoms with Crippen LogP contribution in [0.15, 0.2) is 0 Å². The van der Waals surface area contributed by atoms with E-state index in [9.17, 15) is 0 Å². The van der Waals surface area contributed by atoms with Crippen LogP contribution in [-0.2, 0) is 0 Å². The molecule has 0 amide bonds. The Kier molecular flexibility index (Phi) is 5.46. The maximum absolute atomic E-state index is 3.81. The van der Waals surface area contributed by atoms with E-state index in [0.29, 0.717) is 0 Å². The van der Waals surface area contributed by atoms with Crippen LogP contribution in [0.25, 0.3) is 0 Å². The first-order chi connectivity index (χ1) is 8.66. The Morgan fingerprint density at radius 2 is 1.94 bits per heavy atom. The Hall–Kier alpha value is -0.120. The summed E-state index contributed by atoms with van der Waals surface area (Å²) in [5, 5.41) is 3.81. The highest BCUT2D eigenvalue weighted by molar-refractivity contribution is 4.82. The van der Waals surface area contributed by atoms with Crippen LogP contribution in [0.1, 0.15) is 39.0 Å². The van der Waals surface area contributed by atoms with E-state index >= 15 is 0 Å². The molecule has 1 N–H and O–H groups in total. The number of hydrogen-bond donors (Lipinski definition) is 1. The van der Waals surface area contributed by atoms with Crippen molar-refractivity contribution < 1.29 is 0 Å².